The van der Waals surface area contributed by atoms with Gasteiger partial charge in [0.05, 0.1) is 21.2 Å². The van der Waals surface area contributed by atoms with E-state index in [-0.39, 0.29) is 5.91 Å². The molecule has 0 atom stereocenters. The summed E-state index contributed by atoms with van der Waals surface area (Å²) in [4.78, 5) is 24.0. The van der Waals surface area contributed by atoms with E-state index in [1.165, 1.54) is 0 Å². The normalized spacial score (nSPS) is 14.0. The van der Waals surface area contributed by atoms with E-state index >= 15 is 0 Å². The monoisotopic (exact) mass is 359 g/mol. The third-order valence-electron chi connectivity index (χ3n) is 4.83. The fourth-order valence-electron chi connectivity index (χ4n) is 3.31. The smallest absolute Gasteiger partial charge is 0.254 e. The molecule has 0 spiro atoms. The first-order valence-corrected chi connectivity index (χ1v) is 9.64. The fraction of sp³-hybridized carbons (Fsp3) is 0.190. The standard InChI is InChI=1S/C21H17N3OS/c25-21(16-5-8-19-20(10-16)26-13-23-19)24(17-6-7-17)12-14-9-15-3-1-2-4-18(15)22-11-14/h1-5,8-11,13,17H,6-7,12H2. The SMILES string of the molecule is O=C(c1ccc2ncsc2c1)N(Cc1cnc2ccccc2c1)C1CC1. The van der Waals surface area contributed by atoms with Gasteiger partial charge in [0.2, 0.25) is 0 Å². The van der Waals surface area contributed by atoms with Gasteiger partial charge in [-0.05, 0) is 48.7 Å². The minimum absolute atomic E-state index is 0.0935. The molecule has 2 aromatic carbocycles. The maximum absolute atomic E-state index is 13.1. The van der Waals surface area contributed by atoms with E-state index in [0.717, 1.165) is 45.1 Å². The Kier molecular flexibility index (Phi) is 3.68. The summed E-state index contributed by atoms with van der Waals surface area (Å²) < 4.78 is 1.05. The summed E-state index contributed by atoms with van der Waals surface area (Å²) in [6.07, 6.45) is 4.04. The van der Waals surface area contributed by atoms with Crippen LogP contribution in [0.5, 0.6) is 0 Å². The number of aromatic nitrogens is 2. The van der Waals surface area contributed by atoms with Crippen LogP contribution in [0.25, 0.3) is 21.1 Å². The number of fused-ring (bicyclic) bond motifs is 2. The van der Waals surface area contributed by atoms with Crippen molar-refractivity contribution in [2.75, 3.05) is 0 Å². The molecule has 1 amide bonds. The largest absolute Gasteiger partial charge is 0.331 e. The van der Waals surface area contributed by atoms with E-state index in [9.17, 15) is 4.79 Å². The van der Waals surface area contributed by atoms with E-state index in [2.05, 4.69) is 22.1 Å². The quantitative estimate of drug-likeness (QED) is 0.533. The number of nitrogens with zero attached hydrogens (tertiary/aromatic N) is 3. The Bertz CT molecular complexity index is 1120. The molecular formula is C21H17N3OS. The fourth-order valence-corrected chi connectivity index (χ4v) is 4.02. The number of hydrogen-bond donors (Lipinski definition) is 0. The summed E-state index contributed by atoms with van der Waals surface area (Å²) in [6.45, 7) is 0.599. The molecule has 4 nitrogen and oxygen atoms in total. The molecular weight excluding hydrogens is 342 g/mol. The van der Waals surface area contributed by atoms with Crippen LogP contribution in [0.2, 0.25) is 0 Å². The Labute approximate surface area is 155 Å². The summed E-state index contributed by atoms with van der Waals surface area (Å²) in [6, 6.07) is 16.3. The van der Waals surface area contributed by atoms with Gasteiger partial charge in [0, 0.05) is 29.7 Å². The number of hydrogen-bond acceptors (Lipinski definition) is 4. The minimum atomic E-state index is 0.0935. The van der Waals surface area contributed by atoms with Gasteiger partial charge in [-0.2, -0.15) is 0 Å². The molecule has 0 saturated heterocycles. The number of para-hydroxylation sites is 1. The van der Waals surface area contributed by atoms with E-state index < -0.39 is 0 Å². The van der Waals surface area contributed by atoms with Gasteiger partial charge in [0.15, 0.2) is 0 Å². The number of rotatable bonds is 4. The first kappa shape index (κ1) is 15.5. The molecule has 1 aliphatic carbocycles. The van der Waals surface area contributed by atoms with Gasteiger partial charge in [-0.15, -0.1) is 11.3 Å². The molecule has 26 heavy (non-hydrogen) atoms. The van der Waals surface area contributed by atoms with Crippen molar-refractivity contribution in [3.05, 3.63) is 71.4 Å². The van der Waals surface area contributed by atoms with E-state index in [4.69, 9.17) is 0 Å². The van der Waals surface area contributed by atoms with Crippen molar-refractivity contribution in [1.82, 2.24) is 14.9 Å². The molecule has 1 saturated carbocycles. The van der Waals surface area contributed by atoms with Gasteiger partial charge in [0.1, 0.15) is 0 Å². The number of amides is 1. The Hall–Kier alpha value is -2.79. The zero-order valence-electron chi connectivity index (χ0n) is 14.1. The van der Waals surface area contributed by atoms with Crippen LogP contribution < -0.4 is 0 Å². The summed E-state index contributed by atoms with van der Waals surface area (Å²) in [5, 5.41) is 1.11. The summed E-state index contributed by atoms with van der Waals surface area (Å²) >= 11 is 1.57. The molecule has 5 rings (SSSR count). The van der Waals surface area contributed by atoms with Crippen LogP contribution in [-0.4, -0.2) is 26.8 Å². The third kappa shape index (κ3) is 2.84. The van der Waals surface area contributed by atoms with Gasteiger partial charge in [0.25, 0.3) is 5.91 Å². The molecule has 5 heteroatoms. The van der Waals surface area contributed by atoms with Crippen LogP contribution in [0.3, 0.4) is 0 Å². The maximum atomic E-state index is 13.1. The molecule has 0 unspecified atom stereocenters. The van der Waals surface area contributed by atoms with E-state index in [1.54, 1.807) is 11.3 Å². The lowest BCUT2D eigenvalue weighted by Crippen LogP contribution is -2.32. The van der Waals surface area contributed by atoms with Crippen molar-refractivity contribution in [1.29, 1.82) is 0 Å². The molecule has 128 valence electrons. The van der Waals surface area contributed by atoms with Gasteiger partial charge in [-0.25, -0.2) is 4.98 Å². The summed E-state index contributed by atoms with van der Waals surface area (Å²) in [7, 11) is 0. The second-order valence-corrected chi connectivity index (χ2v) is 7.62. The van der Waals surface area contributed by atoms with Gasteiger partial charge in [-0.1, -0.05) is 18.2 Å². The number of benzene rings is 2. The Morgan fingerprint density at radius 1 is 1.08 bits per heavy atom. The number of thiazole rings is 1. The average molecular weight is 359 g/mol. The van der Waals surface area contributed by atoms with Crippen molar-refractivity contribution in [3.8, 4) is 0 Å². The number of carbonyl (C=O) groups is 1. The Morgan fingerprint density at radius 2 is 1.96 bits per heavy atom. The zero-order valence-corrected chi connectivity index (χ0v) is 14.9. The lowest BCUT2D eigenvalue weighted by atomic mass is 10.1. The third-order valence-corrected chi connectivity index (χ3v) is 5.62. The van der Waals surface area contributed by atoms with E-state index in [1.807, 2.05) is 53.0 Å². The molecule has 1 aliphatic rings. The van der Waals surface area contributed by atoms with Crippen molar-refractivity contribution in [2.45, 2.75) is 25.4 Å². The van der Waals surface area contributed by atoms with Gasteiger partial charge >= 0.3 is 0 Å². The summed E-state index contributed by atoms with van der Waals surface area (Å²) in [5.74, 6) is 0.0935. The van der Waals surface area contributed by atoms with Crippen molar-refractivity contribution >= 4 is 38.4 Å². The Morgan fingerprint density at radius 3 is 2.85 bits per heavy atom. The molecule has 2 heterocycles. The van der Waals surface area contributed by atoms with Crippen LogP contribution in [0.15, 0.2) is 60.2 Å². The molecule has 0 aliphatic heterocycles. The molecule has 0 N–H and O–H groups in total. The summed E-state index contributed by atoms with van der Waals surface area (Å²) in [5.41, 5.74) is 5.56. The predicted molar refractivity (Wildman–Crippen MR) is 104 cm³/mol. The van der Waals surface area contributed by atoms with E-state index in [0.29, 0.717) is 12.6 Å². The van der Waals surface area contributed by atoms with Crippen LogP contribution in [0.1, 0.15) is 28.8 Å². The van der Waals surface area contributed by atoms with Gasteiger partial charge < -0.3 is 4.90 Å². The molecule has 0 bridgehead atoms. The molecule has 0 radical (unpaired) electrons. The highest BCUT2D eigenvalue weighted by Gasteiger charge is 2.33. The predicted octanol–water partition coefficient (Wildman–Crippen LogP) is 4.65. The minimum Gasteiger partial charge on any atom is -0.331 e. The zero-order chi connectivity index (χ0) is 17.5. The van der Waals surface area contributed by atoms with Crippen molar-refractivity contribution in [2.24, 2.45) is 0 Å². The molecule has 4 aromatic rings. The van der Waals surface area contributed by atoms with Crippen LogP contribution in [0, 0.1) is 0 Å². The first-order chi connectivity index (χ1) is 12.8. The van der Waals surface area contributed by atoms with Crippen LogP contribution >= 0.6 is 11.3 Å². The highest BCUT2D eigenvalue weighted by Crippen LogP contribution is 2.31. The van der Waals surface area contributed by atoms with Gasteiger partial charge in [-0.3, -0.25) is 9.78 Å². The van der Waals surface area contributed by atoms with Crippen LogP contribution in [-0.2, 0) is 6.54 Å². The average Bonchev–Trinajstić information content (AvgIpc) is 3.41. The maximum Gasteiger partial charge on any atom is 0.254 e. The second kappa shape index (κ2) is 6.18. The first-order valence-electron chi connectivity index (χ1n) is 8.76. The second-order valence-electron chi connectivity index (χ2n) is 6.74. The number of carbonyl (C=O) groups excluding carboxylic acids is 1. The van der Waals surface area contributed by atoms with Crippen molar-refractivity contribution < 1.29 is 4.79 Å². The topological polar surface area (TPSA) is 46.1 Å². The highest BCUT2D eigenvalue weighted by molar-refractivity contribution is 7.16. The van der Waals surface area contributed by atoms with Crippen molar-refractivity contribution in [3.63, 3.8) is 0 Å². The molecule has 1 fully saturated rings. The number of pyridine rings is 1. The molecule has 2 aromatic heterocycles. The lowest BCUT2D eigenvalue weighted by molar-refractivity contribution is 0.0730. The Balaban J connectivity index is 1.46. The van der Waals surface area contributed by atoms with Crippen LogP contribution in [0.4, 0.5) is 0 Å². The highest BCUT2D eigenvalue weighted by atomic mass is 32.1. The lowest BCUT2D eigenvalue weighted by Gasteiger charge is -2.22.